The number of anilines is 1. The number of para-hydroxylation sites is 1. The van der Waals surface area contributed by atoms with Gasteiger partial charge in [0.2, 0.25) is 5.91 Å². The highest BCUT2D eigenvalue weighted by Gasteiger charge is 2.25. The number of aryl methyl sites for hydroxylation is 1. The molecule has 0 bridgehead atoms. The fourth-order valence-electron chi connectivity index (χ4n) is 4.23. The van der Waals surface area contributed by atoms with Gasteiger partial charge in [-0.3, -0.25) is 9.79 Å². The van der Waals surface area contributed by atoms with Gasteiger partial charge in [-0.15, -0.1) is 0 Å². The monoisotopic (exact) mass is 547 g/mol. The standard InChI is InChI=1S/C29H33N5O4S/c1-20(2)14-31-16-24(15-30-4)23-9-7-8-22(13-23)17-34-18-27(25-10-5-6-11-26(25)34)39(36,37)19-29(35)32-28-12-21(3)38-33-28/h5-13,15-16,18,20,31H,14,17,19H2,1-4H3,(H,32,33,35)/b24-16+,30-15?. The van der Waals surface area contributed by atoms with Gasteiger partial charge in [-0.2, -0.15) is 0 Å². The lowest BCUT2D eigenvalue weighted by Gasteiger charge is -2.10. The molecule has 2 heterocycles. The first-order chi connectivity index (χ1) is 18.7. The Morgan fingerprint density at radius 3 is 2.67 bits per heavy atom. The normalized spacial score (nSPS) is 12.5. The Morgan fingerprint density at radius 2 is 1.95 bits per heavy atom. The maximum Gasteiger partial charge on any atom is 0.241 e. The Hall–Kier alpha value is -4.18. The number of amides is 1. The molecule has 0 saturated carbocycles. The maximum absolute atomic E-state index is 13.3. The summed E-state index contributed by atoms with van der Waals surface area (Å²) in [7, 11) is -2.21. The summed E-state index contributed by atoms with van der Waals surface area (Å²) in [6.07, 6.45) is 5.38. The number of aromatic nitrogens is 2. The van der Waals surface area contributed by atoms with Gasteiger partial charge >= 0.3 is 0 Å². The smallest absolute Gasteiger partial charge is 0.241 e. The number of hydrogen-bond acceptors (Lipinski definition) is 7. The summed E-state index contributed by atoms with van der Waals surface area (Å²) < 4.78 is 33.5. The van der Waals surface area contributed by atoms with Crippen LogP contribution in [0.3, 0.4) is 0 Å². The van der Waals surface area contributed by atoms with E-state index in [1.54, 1.807) is 32.3 Å². The second-order valence-corrected chi connectivity index (χ2v) is 11.7. The SMILES string of the molecule is CN=C/C(=C\NCC(C)C)c1cccc(Cn2cc(S(=O)(=O)CC(=O)Nc3cc(C)on3)c3ccccc32)c1. The number of carbonyl (C=O) groups excluding carboxylic acids is 1. The van der Waals surface area contributed by atoms with Gasteiger partial charge in [0, 0.05) is 61.3 Å². The van der Waals surface area contributed by atoms with Crippen molar-refractivity contribution in [1.29, 1.82) is 0 Å². The highest BCUT2D eigenvalue weighted by atomic mass is 32.2. The molecule has 10 heteroatoms. The third-order valence-electron chi connectivity index (χ3n) is 5.97. The highest BCUT2D eigenvalue weighted by Crippen LogP contribution is 2.28. The molecule has 0 saturated heterocycles. The first kappa shape index (κ1) is 27.8. The van der Waals surface area contributed by atoms with E-state index in [4.69, 9.17) is 4.52 Å². The van der Waals surface area contributed by atoms with Crippen LogP contribution in [0.15, 0.2) is 81.4 Å². The molecule has 204 valence electrons. The van der Waals surface area contributed by atoms with E-state index < -0.39 is 21.5 Å². The summed E-state index contributed by atoms with van der Waals surface area (Å²) in [5.74, 6) is -0.197. The van der Waals surface area contributed by atoms with E-state index in [0.29, 0.717) is 23.6 Å². The van der Waals surface area contributed by atoms with E-state index in [1.807, 2.05) is 47.3 Å². The van der Waals surface area contributed by atoms with Gasteiger partial charge in [0.15, 0.2) is 15.7 Å². The van der Waals surface area contributed by atoms with E-state index in [-0.39, 0.29) is 10.7 Å². The average Bonchev–Trinajstić information content (AvgIpc) is 3.46. The summed E-state index contributed by atoms with van der Waals surface area (Å²) in [5.41, 5.74) is 3.71. The summed E-state index contributed by atoms with van der Waals surface area (Å²) in [6.45, 7) is 7.28. The lowest BCUT2D eigenvalue weighted by molar-refractivity contribution is -0.113. The number of nitrogens with one attached hydrogen (secondary N) is 2. The van der Waals surface area contributed by atoms with Crippen molar-refractivity contribution in [2.75, 3.05) is 24.7 Å². The quantitative estimate of drug-likeness (QED) is 0.263. The van der Waals surface area contributed by atoms with Crippen LogP contribution in [-0.2, 0) is 21.2 Å². The van der Waals surface area contributed by atoms with E-state index in [2.05, 4.69) is 40.7 Å². The van der Waals surface area contributed by atoms with Crippen LogP contribution >= 0.6 is 0 Å². The Labute approximate surface area is 228 Å². The molecule has 9 nitrogen and oxygen atoms in total. The van der Waals surface area contributed by atoms with Crippen LogP contribution in [0.5, 0.6) is 0 Å². The largest absolute Gasteiger partial charge is 0.390 e. The number of benzene rings is 2. The molecule has 0 spiro atoms. The van der Waals surface area contributed by atoms with Gasteiger partial charge in [0.25, 0.3) is 0 Å². The number of fused-ring (bicyclic) bond motifs is 1. The third-order valence-corrected chi connectivity index (χ3v) is 7.61. The lowest BCUT2D eigenvalue weighted by atomic mass is 10.0. The zero-order valence-electron chi connectivity index (χ0n) is 22.5. The van der Waals surface area contributed by atoms with Gasteiger partial charge in [-0.1, -0.05) is 55.4 Å². The molecule has 4 aromatic rings. The Kier molecular flexibility index (Phi) is 8.65. The minimum atomic E-state index is -3.94. The Morgan fingerprint density at radius 1 is 1.15 bits per heavy atom. The molecule has 0 unspecified atom stereocenters. The molecule has 4 rings (SSSR count). The topological polar surface area (TPSA) is 119 Å². The Bertz CT molecular complexity index is 1630. The molecule has 0 aliphatic carbocycles. The van der Waals surface area contributed by atoms with Crippen molar-refractivity contribution in [1.82, 2.24) is 15.0 Å². The fraction of sp³-hybridized carbons (Fsp3) is 0.276. The molecular weight excluding hydrogens is 514 g/mol. The van der Waals surface area contributed by atoms with Crippen molar-refractivity contribution >= 4 is 44.3 Å². The predicted octanol–water partition coefficient (Wildman–Crippen LogP) is 4.69. The van der Waals surface area contributed by atoms with Crippen LogP contribution < -0.4 is 10.6 Å². The third kappa shape index (κ3) is 7.02. The second-order valence-electron chi connectivity index (χ2n) is 9.76. The minimum Gasteiger partial charge on any atom is -0.390 e. The van der Waals surface area contributed by atoms with Gasteiger partial charge in [-0.25, -0.2) is 8.42 Å². The zero-order valence-corrected chi connectivity index (χ0v) is 23.3. The molecule has 2 aromatic heterocycles. The highest BCUT2D eigenvalue weighted by molar-refractivity contribution is 7.92. The zero-order chi connectivity index (χ0) is 28.0. The van der Waals surface area contributed by atoms with Crippen LogP contribution in [0.25, 0.3) is 16.5 Å². The van der Waals surface area contributed by atoms with Gasteiger partial charge in [0.1, 0.15) is 11.5 Å². The van der Waals surface area contributed by atoms with Crippen LogP contribution in [-0.4, -0.2) is 49.6 Å². The average molecular weight is 548 g/mol. The Balaban J connectivity index is 1.61. The number of allylic oxidation sites excluding steroid dienone is 1. The van der Waals surface area contributed by atoms with Crippen molar-refractivity contribution in [3.05, 3.63) is 83.9 Å². The van der Waals surface area contributed by atoms with Crippen molar-refractivity contribution in [3.63, 3.8) is 0 Å². The summed E-state index contributed by atoms with van der Waals surface area (Å²) in [6, 6.07) is 16.9. The summed E-state index contributed by atoms with van der Waals surface area (Å²) >= 11 is 0. The summed E-state index contributed by atoms with van der Waals surface area (Å²) in [4.78, 5) is 16.8. The predicted molar refractivity (Wildman–Crippen MR) is 155 cm³/mol. The number of carbonyl (C=O) groups is 1. The lowest BCUT2D eigenvalue weighted by Crippen LogP contribution is -2.23. The molecule has 39 heavy (non-hydrogen) atoms. The van der Waals surface area contributed by atoms with Crippen molar-refractivity contribution in [2.24, 2.45) is 10.9 Å². The molecule has 1 amide bonds. The first-order valence-corrected chi connectivity index (χ1v) is 14.3. The van der Waals surface area contributed by atoms with Crippen molar-refractivity contribution in [3.8, 4) is 0 Å². The van der Waals surface area contributed by atoms with Gasteiger partial charge < -0.3 is 19.7 Å². The number of rotatable bonds is 11. The molecular formula is C29H33N5O4S. The molecule has 2 aromatic carbocycles. The molecule has 0 atom stereocenters. The van der Waals surface area contributed by atoms with Crippen LogP contribution in [0, 0.1) is 12.8 Å². The number of sulfone groups is 1. The molecule has 2 N–H and O–H groups in total. The molecule has 0 aliphatic rings. The summed E-state index contributed by atoms with van der Waals surface area (Å²) in [5, 5.41) is 10.1. The van der Waals surface area contributed by atoms with Gasteiger partial charge in [0.05, 0.1) is 4.90 Å². The van der Waals surface area contributed by atoms with Crippen LogP contribution in [0.4, 0.5) is 5.82 Å². The maximum atomic E-state index is 13.3. The second kappa shape index (κ2) is 12.1. The van der Waals surface area contributed by atoms with Gasteiger partial charge in [-0.05, 0) is 36.1 Å². The van der Waals surface area contributed by atoms with E-state index >= 15 is 0 Å². The van der Waals surface area contributed by atoms with E-state index in [9.17, 15) is 13.2 Å². The minimum absolute atomic E-state index is 0.109. The number of nitrogens with zero attached hydrogens (tertiary/aromatic N) is 3. The van der Waals surface area contributed by atoms with Crippen LogP contribution in [0.1, 0.15) is 30.7 Å². The van der Waals surface area contributed by atoms with Crippen molar-refractivity contribution < 1.29 is 17.7 Å². The van der Waals surface area contributed by atoms with Crippen LogP contribution in [0.2, 0.25) is 0 Å². The molecule has 0 aliphatic heterocycles. The molecule has 0 radical (unpaired) electrons. The first-order valence-electron chi connectivity index (χ1n) is 12.6. The number of aliphatic imine (C=N–C) groups is 1. The fourth-order valence-corrected chi connectivity index (χ4v) is 5.60. The van der Waals surface area contributed by atoms with Crippen molar-refractivity contribution in [2.45, 2.75) is 32.2 Å². The number of hydrogen-bond donors (Lipinski definition) is 2. The van der Waals surface area contributed by atoms with E-state index in [0.717, 1.165) is 28.8 Å². The molecule has 0 fully saturated rings. The van der Waals surface area contributed by atoms with E-state index in [1.165, 1.54) is 6.07 Å².